The first kappa shape index (κ1) is 15.0. The van der Waals surface area contributed by atoms with Crippen LogP contribution in [0.2, 0.25) is 0 Å². The summed E-state index contributed by atoms with van der Waals surface area (Å²) in [6, 6.07) is 7.26. The lowest BCUT2D eigenvalue weighted by Gasteiger charge is -2.32. The highest BCUT2D eigenvalue weighted by Gasteiger charge is 2.24. The Kier molecular flexibility index (Phi) is 5.11. The van der Waals surface area contributed by atoms with Gasteiger partial charge < -0.3 is 9.47 Å². The third-order valence-electron chi connectivity index (χ3n) is 3.49. The first-order valence-corrected chi connectivity index (χ1v) is 6.95. The number of nitrogen functional groups attached to an aromatic ring is 1. The molecule has 110 valence electrons. The molecule has 1 aromatic carbocycles. The molecule has 0 bridgehead atoms. The SMILES string of the molecule is CC1CC(OCc2ccc(C(=O)NN)cc2)CC(C)O1. The number of ether oxygens (including phenoxy) is 2. The fourth-order valence-electron chi connectivity index (χ4n) is 2.53. The predicted molar refractivity (Wildman–Crippen MR) is 75.9 cm³/mol. The zero-order valence-corrected chi connectivity index (χ0v) is 12.0. The van der Waals surface area contributed by atoms with Crippen LogP contribution in [-0.4, -0.2) is 24.2 Å². The zero-order chi connectivity index (χ0) is 14.5. The first-order valence-electron chi connectivity index (χ1n) is 6.95. The van der Waals surface area contributed by atoms with E-state index in [2.05, 4.69) is 19.3 Å². The Morgan fingerprint density at radius 1 is 1.30 bits per heavy atom. The van der Waals surface area contributed by atoms with Crippen LogP contribution in [0.1, 0.15) is 42.6 Å². The standard InChI is InChI=1S/C15H22N2O3/c1-10-7-14(8-11(2)20-10)19-9-12-3-5-13(6-4-12)15(18)17-16/h3-6,10-11,14H,7-9,16H2,1-2H3,(H,17,18). The lowest BCUT2D eigenvalue weighted by molar-refractivity contribution is -0.106. The molecule has 1 heterocycles. The molecule has 3 N–H and O–H groups in total. The molecule has 0 aromatic heterocycles. The van der Waals surface area contributed by atoms with Crippen molar-refractivity contribution >= 4 is 5.91 Å². The van der Waals surface area contributed by atoms with Crippen LogP contribution < -0.4 is 11.3 Å². The molecule has 1 amide bonds. The summed E-state index contributed by atoms with van der Waals surface area (Å²) in [4.78, 5) is 11.3. The third kappa shape index (κ3) is 4.03. The summed E-state index contributed by atoms with van der Waals surface area (Å²) in [6.07, 6.45) is 2.59. The maximum Gasteiger partial charge on any atom is 0.265 e. The van der Waals surface area contributed by atoms with Crippen molar-refractivity contribution in [1.82, 2.24) is 5.43 Å². The van der Waals surface area contributed by atoms with Crippen molar-refractivity contribution in [2.24, 2.45) is 5.84 Å². The molecule has 5 nitrogen and oxygen atoms in total. The van der Waals surface area contributed by atoms with Gasteiger partial charge in [0.25, 0.3) is 5.91 Å². The minimum absolute atomic E-state index is 0.237. The molecular weight excluding hydrogens is 256 g/mol. The number of amides is 1. The van der Waals surface area contributed by atoms with Gasteiger partial charge in [-0.25, -0.2) is 5.84 Å². The number of nitrogens with one attached hydrogen (secondary N) is 1. The van der Waals surface area contributed by atoms with Gasteiger partial charge in [0.2, 0.25) is 0 Å². The van der Waals surface area contributed by atoms with Crippen molar-refractivity contribution in [3.05, 3.63) is 35.4 Å². The monoisotopic (exact) mass is 278 g/mol. The van der Waals surface area contributed by atoms with Gasteiger partial charge in [0.05, 0.1) is 24.9 Å². The van der Waals surface area contributed by atoms with Crippen LogP contribution in [0.4, 0.5) is 0 Å². The molecule has 2 rings (SSSR count). The number of hydrogen-bond donors (Lipinski definition) is 2. The molecule has 1 aliphatic heterocycles. The second-order valence-corrected chi connectivity index (χ2v) is 5.33. The molecule has 2 atom stereocenters. The molecule has 0 aliphatic carbocycles. The molecular formula is C15H22N2O3. The van der Waals surface area contributed by atoms with E-state index in [0.717, 1.165) is 18.4 Å². The Bertz CT molecular complexity index is 437. The van der Waals surface area contributed by atoms with Crippen LogP contribution in [-0.2, 0) is 16.1 Å². The fourth-order valence-corrected chi connectivity index (χ4v) is 2.53. The van der Waals surface area contributed by atoms with E-state index >= 15 is 0 Å². The highest BCUT2D eigenvalue weighted by atomic mass is 16.5. The Labute approximate surface area is 119 Å². The van der Waals surface area contributed by atoms with Gasteiger partial charge in [-0.2, -0.15) is 0 Å². The van der Waals surface area contributed by atoms with Crippen molar-refractivity contribution in [1.29, 1.82) is 0 Å². The van der Waals surface area contributed by atoms with Crippen LogP contribution in [0.5, 0.6) is 0 Å². The number of carbonyl (C=O) groups excluding carboxylic acids is 1. The van der Waals surface area contributed by atoms with Gasteiger partial charge >= 0.3 is 0 Å². The van der Waals surface area contributed by atoms with E-state index in [4.69, 9.17) is 15.3 Å². The van der Waals surface area contributed by atoms with Crippen molar-refractivity contribution in [3.63, 3.8) is 0 Å². The van der Waals surface area contributed by atoms with Crippen molar-refractivity contribution in [2.75, 3.05) is 0 Å². The van der Waals surface area contributed by atoms with Gasteiger partial charge in [0, 0.05) is 5.56 Å². The van der Waals surface area contributed by atoms with Gasteiger partial charge in [0.1, 0.15) is 0 Å². The Morgan fingerprint density at radius 3 is 2.45 bits per heavy atom. The summed E-state index contributed by atoms with van der Waals surface area (Å²) < 4.78 is 11.6. The van der Waals surface area contributed by atoms with Gasteiger partial charge in [-0.1, -0.05) is 12.1 Å². The highest BCUT2D eigenvalue weighted by molar-refractivity contribution is 5.93. The predicted octanol–water partition coefficient (Wildman–Crippen LogP) is 1.76. The zero-order valence-electron chi connectivity index (χ0n) is 12.0. The number of rotatable bonds is 4. The topological polar surface area (TPSA) is 73.6 Å². The molecule has 2 unspecified atom stereocenters. The molecule has 20 heavy (non-hydrogen) atoms. The Morgan fingerprint density at radius 2 is 1.90 bits per heavy atom. The summed E-state index contributed by atoms with van der Waals surface area (Å²) in [5, 5.41) is 0. The van der Waals surface area contributed by atoms with E-state index in [-0.39, 0.29) is 24.2 Å². The summed E-state index contributed by atoms with van der Waals surface area (Å²) in [7, 11) is 0. The summed E-state index contributed by atoms with van der Waals surface area (Å²) in [5.41, 5.74) is 3.70. The fraction of sp³-hybridized carbons (Fsp3) is 0.533. The van der Waals surface area contributed by atoms with E-state index in [1.807, 2.05) is 12.1 Å². The second-order valence-electron chi connectivity index (χ2n) is 5.33. The van der Waals surface area contributed by atoms with E-state index in [1.54, 1.807) is 12.1 Å². The second kappa shape index (κ2) is 6.83. The lowest BCUT2D eigenvalue weighted by Crippen LogP contribution is -2.34. The number of carbonyl (C=O) groups is 1. The number of nitrogens with two attached hydrogens (primary N) is 1. The minimum Gasteiger partial charge on any atom is -0.375 e. The number of hydrazine groups is 1. The summed E-state index contributed by atoms with van der Waals surface area (Å²) in [6.45, 7) is 4.70. The van der Waals surface area contributed by atoms with Crippen LogP contribution in [0.15, 0.2) is 24.3 Å². The molecule has 1 aliphatic rings. The van der Waals surface area contributed by atoms with Gasteiger partial charge in [-0.05, 0) is 44.4 Å². The maximum absolute atomic E-state index is 11.3. The molecule has 0 saturated carbocycles. The van der Waals surface area contributed by atoms with Gasteiger partial charge in [0.15, 0.2) is 0 Å². The van der Waals surface area contributed by atoms with E-state index in [1.165, 1.54) is 0 Å². The van der Waals surface area contributed by atoms with Crippen LogP contribution >= 0.6 is 0 Å². The van der Waals surface area contributed by atoms with Crippen molar-refractivity contribution < 1.29 is 14.3 Å². The minimum atomic E-state index is -0.287. The number of benzene rings is 1. The average molecular weight is 278 g/mol. The van der Waals surface area contributed by atoms with Crippen LogP contribution in [0, 0.1) is 0 Å². The van der Waals surface area contributed by atoms with Crippen molar-refractivity contribution in [2.45, 2.75) is 51.6 Å². The summed E-state index contributed by atoms with van der Waals surface area (Å²) >= 11 is 0. The Hall–Kier alpha value is -1.43. The Balaban J connectivity index is 1.86. The molecule has 1 saturated heterocycles. The average Bonchev–Trinajstić information content (AvgIpc) is 2.44. The molecule has 1 fully saturated rings. The molecule has 1 aromatic rings. The van der Waals surface area contributed by atoms with Gasteiger partial charge in [-0.3, -0.25) is 10.2 Å². The van der Waals surface area contributed by atoms with E-state index in [9.17, 15) is 4.79 Å². The van der Waals surface area contributed by atoms with E-state index in [0.29, 0.717) is 12.2 Å². The van der Waals surface area contributed by atoms with Gasteiger partial charge in [-0.15, -0.1) is 0 Å². The quantitative estimate of drug-likeness (QED) is 0.500. The molecule has 5 heteroatoms. The molecule has 0 radical (unpaired) electrons. The number of hydrogen-bond acceptors (Lipinski definition) is 4. The third-order valence-corrected chi connectivity index (χ3v) is 3.49. The van der Waals surface area contributed by atoms with Crippen molar-refractivity contribution in [3.8, 4) is 0 Å². The molecule has 0 spiro atoms. The smallest absolute Gasteiger partial charge is 0.265 e. The van der Waals surface area contributed by atoms with E-state index < -0.39 is 0 Å². The van der Waals surface area contributed by atoms with Crippen LogP contribution in [0.25, 0.3) is 0 Å². The van der Waals surface area contributed by atoms with Crippen LogP contribution in [0.3, 0.4) is 0 Å². The largest absolute Gasteiger partial charge is 0.375 e. The highest BCUT2D eigenvalue weighted by Crippen LogP contribution is 2.22. The summed E-state index contributed by atoms with van der Waals surface area (Å²) in [5.74, 6) is 4.80. The maximum atomic E-state index is 11.3. The normalized spacial score (nSPS) is 26.2. The first-order chi connectivity index (χ1) is 9.58. The lowest BCUT2D eigenvalue weighted by atomic mass is 10.0.